The molecule has 8 heteroatoms. The standard InChI is InChI=1S/C22H19BrClN5O/c1-2-18(14-5-8-16(24)9-6-14)28-20(30)17-13-15(23)7-10-19(17)29-21(25-26-22(28)29)27-11-3-4-12-27/h2,5-10,13,18H,1,3-4,11-12H2. The zero-order valence-corrected chi connectivity index (χ0v) is 18.5. The summed E-state index contributed by atoms with van der Waals surface area (Å²) in [4.78, 5) is 15.9. The van der Waals surface area contributed by atoms with Gasteiger partial charge in [0.15, 0.2) is 0 Å². The van der Waals surface area contributed by atoms with Crippen LogP contribution in [0.5, 0.6) is 0 Å². The summed E-state index contributed by atoms with van der Waals surface area (Å²) in [6, 6.07) is 12.7. The minimum atomic E-state index is -0.406. The van der Waals surface area contributed by atoms with Gasteiger partial charge >= 0.3 is 0 Å². The van der Waals surface area contributed by atoms with E-state index < -0.39 is 6.04 Å². The van der Waals surface area contributed by atoms with Gasteiger partial charge in [-0.05, 0) is 48.7 Å². The highest BCUT2D eigenvalue weighted by molar-refractivity contribution is 9.10. The molecule has 1 unspecified atom stereocenters. The van der Waals surface area contributed by atoms with E-state index in [2.05, 4.69) is 37.6 Å². The number of rotatable bonds is 4. The van der Waals surface area contributed by atoms with Crippen molar-refractivity contribution in [1.82, 2.24) is 19.2 Å². The first kappa shape index (κ1) is 19.3. The lowest BCUT2D eigenvalue weighted by molar-refractivity contribution is 0.680. The summed E-state index contributed by atoms with van der Waals surface area (Å²) >= 11 is 9.58. The Kier molecular flexibility index (Phi) is 4.87. The smallest absolute Gasteiger partial charge is 0.263 e. The highest BCUT2D eigenvalue weighted by Gasteiger charge is 2.25. The first-order valence-corrected chi connectivity index (χ1v) is 11.0. The summed E-state index contributed by atoms with van der Waals surface area (Å²) in [7, 11) is 0. The van der Waals surface area contributed by atoms with E-state index in [1.54, 1.807) is 10.6 Å². The van der Waals surface area contributed by atoms with Gasteiger partial charge in [-0.2, -0.15) is 0 Å². The Bertz CT molecular complexity index is 1320. The van der Waals surface area contributed by atoms with Crippen LogP contribution in [0.4, 0.5) is 5.95 Å². The Morgan fingerprint density at radius 1 is 1.10 bits per heavy atom. The number of hydrogen-bond acceptors (Lipinski definition) is 4. The van der Waals surface area contributed by atoms with Gasteiger partial charge < -0.3 is 4.90 Å². The second kappa shape index (κ2) is 7.56. The van der Waals surface area contributed by atoms with Crippen molar-refractivity contribution in [2.75, 3.05) is 18.0 Å². The summed E-state index contributed by atoms with van der Waals surface area (Å²) in [6.45, 7) is 5.86. The second-order valence-corrected chi connectivity index (χ2v) is 8.75. The molecule has 5 rings (SSSR count). The lowest BCUT2D eigenvalue weighted by Crippen LogP contribution is -2.28. The molecule has 0 N–H and O–H groups in total. The van der Waals surface area contributed by atoms with Crippen LogP contribution in [-0.2, 0) is 0 Å². The van der Waals surface area contributed by atoms with Gasteiger partial charge in [0.2, 0.25) is 11.7 Å². The molecule has 1 atom stereocenters. The van der Waals surface area contributed by atoms with Crippen molar-refractivity contribution in [1.29, 1.82) is 0 Å². The van der Waals surface area contributed by atoms with Gasteiger partial charge in [0, 0.05) is 22.6 Å². The number of anilines is 1. The van der Waals surface area contributed by atoms with Crippen molar-refractivity contribution < 1.29 is 0 Å². The molecule has 2 aromatic heterocycles. The number of nitrogens with zero attached hydrogens (tertiary/aromatic N) is 5. The number of hydrogen-bond donors (Lipinski definition) is 0. The summed E-state index contributed by atoms with van der Waals surface area (Å²) in [6.07, 6.45) is 3.99. The fourth-order valence-electron chi connectivity index (χ4n) is 4.16. The molecule has 152 valence electrons. The maximum atomic E-state index is 13.6. The monoisotopic (exact) mass is 483 g/mol. The molecule has 0 radical (unpaired) electrons. The molecule has 1 saturated heterocycles. The maximum absolute atomic E-state index is 13.6. The van der Waals surface area contributed by atoms with Crippen LogP contribution >= 0.6 is 27.5 Å². The van der Waals surface area contributed by atoms with E-state index in [4.69, 9.17) is 11.6 Å². The molecule has 0 amide bonds. The normalized spacial score (nSPS) is 15.2. The first-order valence-electron chi connectivity index (χ1n) is 9.80. The number of benzene rings is 2. The Hall–Kier alpha value is -2.64. The molecular formula is C22H19BrClN5O. The molecule has 2 aromatic carbocycles. The number of aromatic nitrogens is 4. The molecule has 4 aromatic rings. The number of allylic oxidation sites excluding steroid dienone is 1. The molecule has 0 spiro atoms. The molecular weight excluding hydrogens is 466 g/mol. The highest BCUT2D eigenvalue weighted by Crippen LogP contribution is 2.28. The van der Waals surface area contributed by atoms with E-state index in [0.29, 0.717) is 16.2 Å². The Labute approximate surface area is 186 Å². The largest absolute Gasteiger partial charge is 0.341 e. The Morgan fingerprint density at radius 2 is 1.83 bits per heavy atom. The first-order chi connectivity index (χ1) is 14.6. The lowest BCUT2D eigenvalue weighted by Gasteiger charge is -2.20. The van der Waals surface area contributed by atoms with Crippen molar-refractivity contribution in [3.8, 4) is 0 Å². The van der Waals surface area contributed by atoms with E-state index in [-0.39, 0.29) is 5.56 Å². The van der Waals surface area contributed by atoms with Crippen LogP contribution in [-0.4, -0.2) is 32.3 Å². The summed E-state index contributed by atoms with van der Waals surface area (Å²) < 4.78 is 4.49. The average Bonchev–Trinajstić information content (AvgIpc) is 3.42. The summed E-state index contributed by atoms with van der Waals surface area (Å²) in [5, 5.41) is 10.2. The predicted octanol–water partition coefficient (Wildman–Crippen LogP) is 4.84. The van der Waals surface area contributed by atoms with Crippen molar-refractivity contribution in [3.05, 3.63) is 80.5 Å². The quantitative estimate of drug-likeness (QED) is 0.389. The van der Waals surface area contributed by atoms with Gasteiger partial charge in [0.25, 0.3) is 5.56 Å². The van der Waals surface area contributed by atoms with Crippen LogP contribution in [0.15, 0.2) is 64.4 Å². The summed E-state index contributed by atoms with van der Waals surface area (Å²) in [5.41, 5.74) is 1.55. The predicted molar refractivity (Wildman–Crippen MR) is 124 cm³/mol. The molecule has 1 aliphatic heterocycles. The third-order valence-corrected chi connectivity index (χ3v) is 6.34. The molecule has 3 heterocycles. The number of fused-ring (bicyclic) bond motifs is 3. The highest BCUT2D eigenvalue weighted by atomic mass is 79.9. The molecule has 0 aliphatic carbocycles. The van der Waals surface area contributed by atoms with Crippen molar-refractivity contribution in [2.24, 2.45) is 0 Å². The third kappa shape index (κ3) is 3.04. The third-order valence-electron chi connectivity index (χ3n) is 5.59. The van der Waals surface area contributed by atoms with E-state index in [0.717, 1.165) is 47.4 Å². The van der Waals surface area contributed by atoms with Gasteiger partial charge in [-0.3, -0.25) is 9.36 Å². The van der Waals surface area contributed by atoms with Crippen LogP contribution in [0.25, 0.3) is 16.7 Å². The van der Waals surface area contributed by atoms with Crippen LogP contribution in [0.2, 0.25) is 5.02 Å². The molecule has 1 aliphatic rings. The van der Waals surface area contributed by atoms with E-state index in [1.807, 2.05) is 46.9 Å². The van der Waals surface area contributed by atoms with Gasteiger partial charge in [0.05, 0.1) is 16.9 Å². The van der Waals surface area contributed by atoms with Crippen LogP contribution in [0.1, 0.15) is 24.4 Å². The minimum absolute atomic E-state index is 0.140. The lowest BCUT2D eigenvalue weighted by atomic mass is 10.1. The van der Waals surface area contributed by atoms with Crippen LogP contribution in [0.3, 0.4) is 0 Å². The average molecular weight is 485 g/mol. The molecule has 1 fully saturated rings. The van der Waals surface area contributed by atoms with E-state index >= 15 is 0 Å². The fourth-order valence-corrected chi connectivity index (χ4v) is 4.64. The van der Waals surface area contributed by atoms with Crippen molar-refractivity contribution in [2.45, 2.75) is 18.9 Å². The topological polar surface area (TPSA) is 55.4 Å². The van der Waals surface area contributed by atoms with Crippen molar-refractivity contribution in [3.63, 3.8) is 0 Å². The van der Waals surface area contributed by atoms with Crippen LogP contribution in [0, 0.1) is 0 Å². The molecule has 6 nitrogen and oxygen atoms in total. The second-order valence-electron chi connectivity index (χ2n) is 7.40. The van der Waals surface area contributed by atoms with Crippen molar-refractivity contribution >= 4 is 50.2 Å². The van der Waals surface area contributed by atoms with Gasteiger partial charge in [-0.1, -0.05) is 45.7 Å². The van der Waals surface area contributed by atoms with Gasteiger partial charge in [-0.25, -0.2) is 4.40 Å². The zero-order chi connectivity index (χ0) is 20.8. The maximum Gasteiger partial charge on any atom is 0.263 e. The molecule has 0 bridgehead atoms. The Morgan fingerprint density at radius 3 is 2.53 bits per heavy atom. The van der Waals surface area contributed by atoms with Gasteiger partial charge in [-0.15, -0.1) is 16.8 Å². The Balaban J connectivity index is 1.86. The number of halogens is 2. The van der Waals surface area contributed by atoms with E-state index in [9.17, 15) is 4.79 Å². The van der Waals surface area contributed by atoms with E-state index in [1.165, 1.54) is 0 Å². The zero-order valence-electron chi connectivity index (χ0n) is 16.1. The minimum Gasteiger partial charge on any atom is -0.341 e. The fraction of sp³-hybridized carbons (Fsp3) is 0.227. The SMILES string of the molecule is C=CC(c1ccc(Cl)cc1)n1c(=O)c2cc(Br)ccc2n2c(N3CCCC3)nnc12. The molecule has 0 saturated carbocycles. The molecule has 30 heavy (non-hydrogen) atoms. The van der Waals surface area contributed by atoms with Gasteiger partial charge in [0.1, 0.15) is 0 Å². The van der Waals surface area contributed by atoms with Crippen LogP contribution < -0.4 is 10.5 Å². The summed E-state index contributed by atoms with van der Waals surface area (Å²) in [5.74, 6) is 1.26.